The molecule has 0 aliphatic heterocycles. The van der Waals surface area contributed by atoms with Crippen molar-refractivity contribution in [1.82, 2.24) is 14.5 Å². The van der Waals surface area contributed by atoms with Crippen LogP contribution in [-0.4, -0.2) is 14.5 Å². The molecule has 0 aliphatic carbocycles. The van der Waals surface area contributed by atoms with E-state index in [-0.39, 0.29) is 5.41 Å². The summed E-state index contributed by atoms with van der Waals surface area (Å²) in [5.41, 5.74) is 5.74. The fourth-order valence-corrected chi connectivity index (χ4v) is 3.13. The molecule has 4 rings (SSSR count). The van der Waals surface area contributed by atoms with Crippen LogP contribution in [0.4, 0.5) is 5.95 Å². The maximum atomic E-state index is 4.65. The summed E-state index contributed by atoms with van der Waals surface area (Å²) in [6, 6.07) is 21.0. The lowest BCUT2D eigenvalue weighted by molar-refractivity contribution is 0.590. The Morgan fingerprint density at radius 2 is 1.67 bits per heavy atom. The van der Waals surface area contributed by atoms with Gasteiger partial charge in [-0.1, -0.05) is 63.2 Å². The third-order valence-electron chi connectivity index (χ3n) is 4.74. The van der Waals surface area contributed by atoms with Crippen molar-refractivity contribution in [2.45, 2.75) is 32.7 Å². The van der Waals surface area contributed by atoms with Crippen molar-refractivity contribution in [1.29, 1.82) is 0 Å². The number of fused-ring (bicyclic) bond motifs is 1. The minimum atomic E-state index is 0.153. The van der Waals surface area contributed by atoms with E-state index >= 15 is 0 Å². The van der Waals surface area contributed by atoms with Gasteiger partial charge in [-0.2, -0.15) is 0 Å². The number of rotatable bonds is 4. The summed E-state index contributed by atoms with van der Waals surface area (Å²) in [7, 11) is 0. The van der Waals surface area contributed by atoms with E-state index in [1.165, 1.54) is 11.1 Å². The summed E-state index contributed by atoms with van der Waals surface area (Å²) in [5.74, 6) is 0.646. The first-order valence-corrected chi connectivity index (χ1v) is 9.23. The Morgan fingerprint density at radius 3 is 2.37 bits per heavy atom. The van der Waals surface area contributed by atoms with Crippen molar-refractivity contribution in [2.24, 2.45) is 0 Å². The summed E-state index contributed by atoms with van der Waals surface area (Å²) in [6.07, 6.45) is 3.93. The van der Waals surface area contributed by atoms with Crippen LogP contribution in [0.25, 0.3) is 16.7 Å². The molecule has 2 aromatic heterocycles. The van der Waals surface area contributed by atoms with Gasteiger partial charge in [0.1, 0.15) is 0 Å². The number of nitrogens with zero attached hydrogens (tertiary/aromatic N) is 3. The van der Waals surface area contributed by atoms with Crippen LogP contribution in [-0.2, 0) is 12.0 Å². The molecule has 4 heteroatoms. The average Bonchev–Trinajstić information content (AvgIpc) is 3.10. The monoisotopic (exact) mass is 356 g/mol. The maximum Gasteiger partial charge on any atom is 0.223 e. The molecule has 136 valence electrons. The zero-order valence-corrected chi connectivity index (χ0v) is 16.0. The first-order chi connectivity index (χ1) is 13.0. The van der Waals surface area contributed by atoms with Gasteiger partial charge in [0.05, 0.1) is 17.2 Å². The zero-order chi connectivity index (χ0) is 18.9. The van der Waals surface area contributed by atoms with Gasteiger partial charge in [0.2, 0.25) is 5.95 Å². The number of nitrogens with one attached hydrogen (secondary N) is 1. The van der Waals surface area contributed by atoms with Gasteiger partial charge in [-0.15, -0.1) is 0 Å². The summed E-state index contributed by atoms with van der Waals surface area (Å²) in [6.45, 7) is 7.39. The summed E-state index contributed by atoms with van der Waals surface area (Å²) < 4.78 is 2.13. The van der Waals surface area contributed by atoms with E-state index in [1.807, 2.05) is 36.7 Å². The van der Waals surface area contributed by atoms with Gasteiger partial charge < -0.3 is 9.88 Å². The Bertz CT molecular complexity index is 1040. The third kappa shape index (κ3) is 3.70. The summed E-state index contributed by atoms with van der Waals surface area (Å²) in [4.78, 5) is 9.14. The van der Waals surface area contributed by atoms with Crippen LogP contribution in [0.15, 0.2) is 73.1 Å². The highest BCUT2D eigenvalue weighted by atomic mass is 15.1. The van der Waals surface area contributed by atoms with Crippen molar-refractivity contribution in [3.05, 3.63) is 84.2 Å². The van der Waals surface area contributed by atoms with Gasteiger partial charge in [0, 0.05) is 18.4 Å². The van der Waals surface area contributed by atoms with Crippen LogP contribution in [0.2, 0.25) is 0 Å². The van der Waals surface area contributed by atoms with Crippen LogP contribution < -0.4 is 5.32 Å². The Hall–Kier alpha value is -3.14. The second kappa shape index (κ2) is 6.88. The Labute approximate surface area is 159 Å². The van der Waals surface area contributed by atoms with Crippen molar-refractivity contribution < 1.29 is 0 Å². The summed E-state index contributed by atoms with van der Waals surface area (Å²) >= 11 is 0. The molecule has 4 aromatic rings. The molecule has 4 nitrogen and oxygen atoms in total. The summed E-state index contributed by atoms with van der Waals surface area (Å²) in [5, 5.41) is 3.29. The van der Waals surface area contributed by atoms with E-state index in [2.05, 4.69) is 77.0 Å². The number of benzene rings is 2. The number of aromatic nitrogens is 3. The minimum absolute atomic E-state index is 0.153. The van der Waals surface area contributed by atoms with E-state index in [0.717, 1.165) is 16.7 Å². The second-order valence-electron chi connectivity index (χ2n) is 7.79. The molecule has 0 saturated carbocycles. The molecule has 0 spiro atoms. The van der Waals surface area contributed by atoms with Crippen LogP contribution in [0.3, 0.4) is 0 Å². The lowest BCUT2D eigenvalue weighted by atomic mass is 9.87. The van der Waals surface area contributed by atoms with Crippen molar-refractivity contribution in [3.63, 3.8) is 0 Å². The standard InChI is InChI=1S/C23H24N4/c1-23(2,3)18-9-11-19(12-10-18)27-14-13-20-21(27)16-25-22(26-20)24-15-17-7-5-4-6-8-17/h4-14,16H,15H2,1-3H3,(H,24,25,26). The van der Waals surface area contributed by atoms with Crippen molar-refractivity contribution in [3.8, 4) is 5.69 Å². The highest BCUT2D eigenvalue weighted by molar-refractivity contribution is 5.78. The molecule has 0 bridgehead atoms. The molecular formula is C23H24N4. The van der Waals surface area contributed by atoms with E-state index in [4.69, 9.17) is 0 Å². The van der Waals surface area contributed by atoms with E-state index in [9.17, 15) is 0 Å². The van der Waals surface area contributed by atoms with E-state index < -0.39 is 0 Å². The van der Waals surface area contributed by atoms with Crippen LogP contribution in [0.5, 0.6) is 0 Å². The number of hydrogen-bond acceptors (Lipinski definition) is 3. The first-order valence-electron chi connectivity index (χ1n) is 9.23. The fourth-order valence-electron chi connectivity index (χ4n) is 3.13. The average molecular weight is 356 g/mol. The van der Waals surface area contributed by atoms with Crippen LogP contribution in [0.1, 0.15) is 31.9 Å². The Kier molecular flexibility index (Phi) is 4.40. The smallest absolute Gasteiger partial charge is 0.223 e. The van der Waals surface area contributed by atoms with Gasteiger partial charge in [-0.3, -0.25) is 0 Å². The van der Waals surface area contributed by atoms with Crippen molar-refractivity contribution in [2.75, 3.05) is 5.32 Å². The zero-order valence-electron chi connectivity index (χ0n) is 16.0. The quantitative estimate of drug-likeness (QED) is 0.537. The normalized spacial score (nSPS) is 11.7. The predicted octanol–water partition coefficient (Wildman–Crippen LogP) is 5.33. The fraction of sp³-hybridized carbons (Fsp3) is 0.217. The van der Waals surface area contributed by atoms with Crippen molar-refractivity contribution >= 4 is 17.0 Å². The maximum absolute atomic E-state index is 4.65. The number of anilines is 1. The number of hydrogen-bond donors (Lipinski definition) is 1. The predicted molar refractivity (Wildman–Crippen MR) is 111 cm³/mol. The Balaban J connectivity index is 1.57. The van der Waals surface area contributed by atoms with Gasteiger partial charge in [0.25, 0.3) is 0 Å². The highest BCUT2D eigenvalue weighted by Gasteiger charge is 2.13. The van der Waals surface area contributed by atoms with E-state index in [0.29, 0.717) is 12.5 Å². The largest absolute Gasteiger partial charge is 0.350 e. The van der Waals surface area contributed by atoms with E-state index in [1.54, 1.807) is 0 Å². The van der Waals surface area contributed by atoms with Gasteiger partial charge in [-0.25, -0.2) is 9.97 Å². The molecule has 2 aromatic carbocycles. The molecule has 0 aliphatic rings. The van der Waals surface area contributed by atoms with Crippen LogP contribution in [0, 0.1) is 0 Å². The highest BCUT2D eigenvalue weighted by Crippen LogP contribution is 2.25. The molecule has 0 saturated heterocycles. The van der Waals surface area contributed by atoms with Gasteiger partial charge in [0.15, 0.2) is 0 Å². The molecule has 2 heterocycles. The lowest BCUT2D eigenvalue weighted by Gasteiger charge is -2.19. The molecular weight excluding hydrogens is 332 g/mol. The SMILES string of the molecule is CC(C)(C)c1ccc(-n2ccc3nc(NCc4ccccc4)ncc32)cc1. The molecule has 1 N–H and O–H groups in total. The molecule has 0 unspecified atom stereocenters. The Morgan fingerprint density at radius 1 is 0.926 bits per heavy atom. The topological polar surface area (TPSA) is 42.7 Å². The molecule has 27 heavy (non-hydrogen) atoms. The first kappa shape index (κ1) is 17.3. The second-order valence-corrected chi connectivity index (χ2v) is 7.79. The van der Waals surface area contributed by atoms with Gasteiger partial charge >= 0.3 is 0 Å². The lowest BCUT2D eigenvalue weighted by Crippen LogP contribution is -2.10. The van der Waals surface area contributed by atoms with Gasteiger partial charge in [-0.05, 0) is 34.7 Å². The van der Waals surface area contributed by atoms with Crippen LogP contribution >= 0.6 is 0 Å². The molecule has 0 radical (unpaired) electrons. The third-order valence-corrected chi connectivity index (χ3v) is 4.74. The molecule has 0 atom stereocenters. The molecule has 0 fully saturated rings. The minimum Gasteiger partial charge on any atom is -0.350 e. The molecule has 0 amide bonds.